The molecule has 0 radical (unpaired) electrons. The molecule has 0 saturated heterocycles. The Labute approximate surface area is 141 Å². The summed E-state index contributed by atoms with van der Waals surface area (Å²) in [6, 6.07) is 15.3. The first-order chi connectivity index (χ1) is 11.2. The number of hydrogen-bond acceptors (Lipinski definition) is 5. The molecule has 2 heterocycles. The summed E-state index contributed by atoms with van der Waals surface area (Å²) in [6.07, 6.45) is 0. The summed E-state index contributed by atoms with van der Waals surface area (Å²) in [4.78, 5) is 13.0. The number of aromatic nitrogens is 3. The van der Waals surface area contributed by atoms with E-state index in [2.05, 4.69) is 20.3 Å². The second-order valence-electron chi connectivity index (χ2n) is 4.97. The maximum atomic E-state index is 6.05. The van der Waals surface area contributed by atoms with Crippen molar-refractivity contribution in [3.05, 3.63) is 53.6 Å². The van der Waals surface area contributed by atoms with Crippen LogP contribution in [0.4, 0.5) is 16.6 Å². The molecule has 4 aromatic rings. The summed E-state index contributed by atoms with van der Waals surface area (Å²) >= 11 is 7.34. The van der Waals surface area contributed by atoms with E-state index in [1.54, 1.807) is 0 Å². The van der Waals surface area contributed by atoms with Gasteiger partial charge in [-0.3, -0.25) is 0 Å². The molecule has 23 heavy (non-hydrogen) atoms. The predicted octanol–water partition coefficient (Wildman–Crippen LogP) is 4.67. The minimum absolute atomic E-state index is 0.450. The van der Waals surface area contributed by atoms with Crippen LogP contribution < -0.4 is 11.1 Å². The highest BCUT2D eigenvalue weighted by atomic mass is 35.5. The Morgan fingerprint density at radius 3 is 2.61 bits per heavy atom. The van der Waals surface area contributed by atoms with Gasteiger partial charge in [0.1, 0.15) is 10.7 Å². The number of H-pyrrole nitrogens is 1. The highest BCUT2D eigenvalue weighted by Crippen LogP contribution is 2.35. The van der Waals surface area contributed by atoms with Crippen LogP contribution in [-0.2, 0) is 0 Å². The zero-order valence-corrected chi connectivity index (χ0v) is 13.4. The second-order valence-corrected chi connectivity index (χ2v) is 6.40. The molecule has 7 heteroatoms. The first-order valence-electron chi connectivity index (χ1n) is 6.93. The van der Waals surface area contributed by atoms with E-state index in [9.17, 15) is 0 Å². The van der Waals surface area contributed by atoms with Crippen LogP contribution in [0.5, 0.6) is 0 Å². The highest BCUT2D eigenvalue weighted by Gasteiger charge is 2.14. The van der Waals surface area contributed by atoms with Gasteiger partial charge in [0, 0.05) is 10.7 Å². The lowest BCUT2D eigenvalue weighted by atomic mass is 10.3. The number of hydrogen-bond donors (Lipinski definition) is 3. The largest absolute Gasteiger partial charge is 0.382 e. The first kappa shape index (κ1) is 14.0. The fraction of sp³-hybridized carbons (Fsp3) is 0. The van der Waals surface area contributed by atoms with E-state index in [1.807, 2.05) is 48.5 Å². The van der Waals surface area contributed by atoms with Crippen molar-refractivity contribution in [1.29, 1.82) is 0 Å². The number of para-hydroxylation sites is 2. The minimum Gasteiger partial charge on any atom is -0.382 e. The zero-order chi connectivity index (χ0) is 15.8. The minimum atomic E-state index is 0.450. The van der Waals surface area contributed by atoms with Gasteiger partial charge in [-0.25, -0.2) is 9.97 Å². The van der Waals surface area contributed by atoms with Gasteiger partial charge in [0.05, 0.1) is 11.0 Å². The van der Waals surface area contributed by atoms with Crippen molar-refractivity contribution in [2.75, 3.05) is 11.1 Å². The molecule has 2 aromatic heterocycles. The van der Waals surface area contributed by atoms with Gasteiger partial charge in [-0.1, -0.05) is 35.1 Å². The fourth-order valence-corrected chi connectivity index (χ4v) is 3.25. The Hall–Kier alpha value is -2.57. The molecule has 0 saturated carbocycles. The number of anilines is 3. The van der Waals surface area contributed by atoms with Gasteiger partial charge in [0.25, 0.3) is 0 Å². The number of nitrogens with zero attached hydrogens (tertiary/aromatic N) is 2. The monoisotopic (exact) mass is 341 g/mol. The van der Waals surface area contributed by atoms with Crippen molar-refractivity contribution >= 4 is 50.6 Å². The standard InChI is InChI=1S/C16H12ClN5S/c17-9-5-7-10(8-6-9)19-16-22-14(18)13(23-16)15-20-11-3-1-2-4-12(11)21-15/h1-8H,18H2,(H,19,22)(H,20,21). The molecule has 0 atom stereocenters. The summed E-state index contributed by atoms with van der Waals surface area (Å²) in [5.41, 5.74) is 8.83. The van der Waals surface area contributed by atoms with Crippen LogP contribution in [0.25, 0.3) is 21.7 Å². The SMILES string of the molecule is Nc1nc(Nc2ccc(Cl)cc2)sc1-c1nc2ccccc2[nH]1. The van der Waals surface area contributed by atoms with Crippen LogP contribution in [-0.4, -0.2) is 15.0 Å². The first-order valence-corrected chi connectivity index (χ1v) is 8.12. The van der Waals surface area contributed by atoms with Gasteiger partial charge in [-0.15, -0.1) is 0 Å². The Morgan fingerprint density at radius 1 is 1.04 bits per heavy atom. The Morgan fingerprint density at radius 2 is 1.83 bits per heavy atom. The molecule has 5 nitrogen and oxygen atoms in total. The molecule has 4 N–H and O–H groups in total. The van der Waals surface area contributed by atoms with Gasteiger partial charge in [0.15, 0.2) is 11.0 Å². The van der Waals surface area contributed by atoms with Crippen LogP contribution in [0.15, 0.2) is 48.5 Å². The van der Waals surface area contributed by atoms with E-state index >= 15 is 0 Å². The van der Waals surface area contributed by atoms with Gasteiger partial charge in [0.2, 0.25) is 0 Å². The third-order valence-corrected chi connectivity index (χ3v) is 4.60. The lowest BCUT2D eigenvalue weighted by Crippen LogP contribution is -1.91. The molecule has 0 aliphatic rings. The topological polar surface area (TPSA) is 79.6 Å². The molecule has 0 fully saturated rings. The number of nitrogens with one attached hydrogen (secondary N) is 2. The van der Waals surface area contributed by atoms with Crippen LogP contribution in [0.2, 0.25) is 5.02 Å². The van der Waals surface area contributed by atoms with E-state index in [-0.39, 0.29) is 0 Å². The van der Waals surface area contributed by atoms with E-state index in [1.165, 1.54) is 11.3 Å². The molecule has 4 rings (SSSR count). The van der Waals surface area contributed by atoms with Crippen molar-refractivity contribution in [2.24, 2.45) is 0 Å². The number of rotatable bonds is 3. The average molecular weight is 342 g/mol. The maximum Gasteiger partial charge on any atom is 0.189 e. The van der Waals surface area contributed by atoms with Crippen molar-refractivity contribution in [3.63, 3.8) is 0 Å². The Balaban J connectivity index is 1.67. The molecular weight excluding hydrogens is 330 g/mol. The van der Waals surface area contributed by atoms with E-state index in [4.69, 9.17) is 17.3 Å². The number of aromatic amines is 1. The van der Waals surface area contributed by atoms with E-state index in [0.29, 0.717) is 16.0 Å². The van der Waals surface area contributed by atoms with Gasteiger partial charge < -0.3 is 16.0 Å². The third-order valence-electron chi connectivity index (χ3n) is 3.35. The second kappa shape index (κ2) is 5.57. The normalized spacial score (nSPS) is 11.0. The number of halogens is 1. The highest BCUT2D eigenvalue weighted by molar-refractivity contribution is 7.19. The fourth-order valence-electron chi connectivity index (χ4n) is 2.27. The molecule has 0 amide bonds. The molecule has 114 valence electrons. The molecule has 0 aliphatic carbocycles. The van der Waals surface area contributed by atoms with Gasteiger partial charge in [-0.05, 0) is 36.4 Å². The van der Waals surface area contributed by atoms with Crippen molar-refractivity contribution in [1.82, 2.24) is 15.0 Å². The molecule has 0 aliphatic heterocycles. The van der Waals surface area contributed by atoms with Crippen LogP contribution in [0.3, 0.4) is 0 Å². The molecule has 0 unspecified atom stereocenters. The summed E-state index contributed by atoms with van der Waals surface area (Å²) in [5.74, 6) is 1.18. The quantitative estimate of drug-likeness (QED) is 0.506. The van der Waals surface area contributed by atoms with Crippen LogP contribution in [0, 0.1) is 0 Å². The van der Waals surface area contributed by atoms with E-state index in [0.717, 1.165) is 27.4 Å². The third kappa shape index (κ3) is 2.74. The van der Waals surface area contributed by atoms with Crippen molar-refractivity contribution < 1.29 is 0 Å². The Bertz CT molecular complexity index is 941. The van der Waals surface area contributed by atoms with Gasteiger partial charge in [-0.2, -0.15) is 0 Å². The number of nitrogens with two attached hydrogens (primary N) is 1. The number of nitrogen functional groups attached to an aromatic ring is 1. The predicted molar refractivity (Wildman–Crippen MR) is 96.3 cm³/mol. The van der Waals surface area contributed by atoms with Gasteiger partial charge >= 0.3 is 0 Å². The summed E-state index contributed by atoms with van der Waals surface area (Å²) in [7, 11) is 0. The number of imidazole rings is 1. The smallest absolute Gasteiger partial charge is 0.189 e. The number of benzene rings is 2. The van der Waals surface area contributed by atoms with E-state index < -0.39 is 0 Å². The summed E-state index contributed by atoms with van der Waals surface area (Å²) in [6.45, 7) is 0. The lowest BCUT2D eigenvalue weighted by Gasteiger charge is -2.01. The Kier molecular flexibility index (Phi) is 3.40. The maximum absolute atomic E-state index is 6.05. The van der Waals surface area contributed by atoms with Crippen LogP contribution >= 0.6 is 22.9 Å². The molecule has 2 aromatic carbocycles. The van der Waals surface area contributed by atoms with Crippen LogP contribution in [0.1, 0.15) is 0 Å². The number of thiazole rings is 1. The zero-order valence-electron chi connectivity index (χ0n) is 11.9. The lowest BCUT2D eigenvalue weighted by molar-refractivity contribution is 1.33. The summed E-state index contributed by atoms with van der Waals surface area (Å²) < 4.78 is 0. The molecule has 0 bridgehead atoms. The number of fused-ring (bicyclic) bond motifs is 1. The molecule has 0 spiro atoms. The van der Waals surface area contributed by atoms with Crippen molar-refractivity contribution in [2.45, 2.75) is 0 Å². The van der Waals surface area contributed by atoms with Crippen molar-refractivity contribution in [3.8, 4) is 10.7 Å². The summed E-state index contributed by atoms with van der Waals surface area (Å²) in [5, 5.41) is 4.62. The average Bonchev–Trinajstić information content (AvgIpc) is 3.12. The molecular formula is C16H12ClN5S.